The number of nitrogens with one attached hydrogen (secondary N) is 1. The number of hydrogen-bond acceptors (Lipinski definition) is 4. The maximum absolute atomic E-state index is 6.60. The van der Waals surface area contributed by atoms with Gasteiger partial charge in [0.05, 0.1) is 0 Å². The normalized spacial score (nSPS) is 20.9. The van der Waals surface area contributed by atoms with E-state index in [1.54, 1.807) is 11.8 Å². The summed E-state index contributed by atoms with van der Waals surface area (Å²) in [6, 6.07) is 24.5. The summed E-state index contributed by atoms with van der Waals surface area (Å²) in [6.07, 6.45) is 6.13. The molecule has 0 aliphatic carbocycles. The number of rotatable bonds is 6. The van der Waals surface area contributed by atoms with Crippen molar-refractivity contribution in [2.75, 3.05) is 25.9 Å². The van der Waals surface area contributed by atoms with Crippen molar-refractivity contribution in [1.29, 1.82) is 0 Å². The van der Waals surface area contributed by atoms with Crippen LogP contribution in [0, 0.1) is 0 Å². The molecule has 1 fully saturated rings. The van der Waals surface area contributed by atoms with Gasteiger partial charge in [-0.1, -0.05) is 42.8 Å². The molecule has 2 heterocycles. The smallest absolute Gasteiger partial charge is 0.131 e. The minimum Gasteiger partial charge on any atom is -0.457 e. The third-order valence-electron chi connectivity index (χ3n) is 7.04. The van der Waals surface area contributed by atoms with Crippen molar-refractivity contribution in [1.82, 2.24) is 10.2 Å². The van der Waals surface area contributed by atoms with Gasteiger partial charge in [-0.3, -0.25) is 4.90 Å². The molecule has 5 rings (SSSR count). The summed E-state index contributed by atoms with van der Waals surface area (Å²) in [6.45, 7) is 6.59. The summed E-state index contributed by atoms with van der Waals surface area (Å²) < 4.78 is 6.60. The number of piperidine rings is 1. The van der Waals surface area contributed by atoms with Gasteiger partial charge in [-0.2, -0.15) is 0 Å². The van der Waals surface area contributed by atoms with E-state index in [0.29, 0.717) is 6.04 Å². The molecule has 0 saturated carbocycles. The zero-order valence-electron chi connectivity index (χ0n) is 19.7. The molecule has 1 N–H and O–H groups in total. The minimum absolute atomic E-state index is 0.278. The molecule has 0 bridgehead atoms. The van der Waals surface area contributed by atoms with Crippen LogP contribution in [0.3, 0.4) is 0 Å². The second kappa shape index (κ2) is 10.3. The Labute approximate surface area is 202 Å². The van der Waals surface area contributed by atoms with E-state index in [9.17, 15) is 0 Å². The van der Waals surface area contributed by atoms with Gasteiger partial charge in [-0.15, -0.1) is 11.8 Å². The molecule has 0 amide bonds. The van der Waals surface area contributed by atoms with E-state index in [4.69, 9.17) is 4.74 Å². The Morgan fingerprint density at radius 1 is 0.970 bits per heavy atom. The number of benzene rings is 3. The van der Waals surface area contributed by atoms with Crippen molar-refractivity contribution in [3.8, 4) is 11.5 Å². The Bertz CT molecular complexity index is 1080. The van der Waals surface area contributed by atoms with E-state index in [-0.39, 0.29) is 5.92 Å². The predicted octanol–water partition coefficient (Wildman–Crippen LogP) is 6.98. The molecule has 172 valence electrons. The van der Waals surface area contributed by atoms with E-state index in [2.05, 4.69) is 90.1 Å². The van der Waals surface area contributed by atoms with Crippen molar-refractivity contribution >= 4 is 11.8 Å². The van der Waals surface area contributed by atoms with E-state index in [0.717, 1.165) is 24.6 Å². The number of thioether (sulfide) groups is 1. The van der Waals surface area contributed by atoms with Crippen LogP contribution in [0.5, 0.6) is 11.5 Å². The molecule has 4 heteroatoms. The van der Waals surface area contributed by atoms with Gasteiger partial charge in [0.2, 0.25) is 0 Å². The Kier molecular flexibility index (Phi) is 7.05. The fourth-order valence-electron chi connectivity index (χ4n) is 5.24. The molecule has 2 aliphatic heterocycles. The van der Waals surface area contributed by atoms with Crippen molar-refractivity contribution in [2.45, 2.75) is 49.6 Å². The zero-order chi connectivity index (χ0) is 22.6. The van der Waals surface area contributed by atoms with Crippen LogP contribution in [0.4, 0.5) is 0 Å². The molecule has 3 aromatic rings. The monoisotopic (exact) mass is 458 g/mol. The van der Waals surface area contributed by atoms with Crippen LogP contribution in [-0.4, -0.2) is 30.8 Å². The van der Waals surface area contributed by atoms with E-state index >= 15 is 0 Å². The molecule has 0 radical (unpaired) electrons. The van der Waals surface area contributed by atoms with Gasteiger partial charge in [0.15, 0.2) is 0 Å². The first-order chi connectivity index (χ1) is 16.2. The Balaban J connectivity index is 1.43. The highest BCUT2D eigenvalue weighted by molar-refractivity contribution is 7.98. The molecule has 0 aromatic heterocycles. The maximum atomic E-state index is 6.60. The molecular weight excluding hydrogens is 424 g/mol. The quantitative estimate of drug-likeness (QED) is 0.403. The summed E-state index contributed by atoms with van der Waals surface area (Å²) in [7, 11) is 0. The lowest BCUT2D eigenvalue weighted by atomic mass is 9.82. The SMILES string of the molecule is CSc1ccc(C2CNC(C)c3cccc(Oc4cccc(CN5CCCCC5)c4)c32)cc1. The second-order valence-corrected chi connectivity index (χ2v) is 10.2. The number of hydrogen-bond donors (Lipinski definition) is 1. The summed E-state index contributed by atoms with van der Waals surface area (Å²) in [4.78, 5) is 3.86. The Morgan fingerprint density at radius 3 is 2.55 bits per heavy atom. The Hall–Kier alpha value is -2.27. The highest BCUT2D eigenvalue weighted by Gasteiger charge is 2.29. The van der Waals surface area contributed by atoms with Crippen molar-refractivity contribution in [3.05, 3.63) is 89.0 Å². The third kappa shape index (κ3) is 5.13. The summed E-state index contributed by atoms with van der Waals surface area (Å²) >= 11 is 1.78. The van der Waals surface area contributed by atoms with Crippen LogP contribution in [0.25, 0.3) is 0 Å². The van der Waals surface area contributed by atoms with Crippen LogP contribution >= 0.6 is 11.8 Å². The molecule has 33 heavy (non-hydrogen) atoms. The topological polar surface area (TPSA) is 24.5 Å². The Morgan fingerprint density at radius 2 is 1.76 bits per heavy atom. The molecule has 1 saturated heterocycles. The van der Waals surface area contributed by atoms with Crippen molar-refractivity contribution in [2.24, 2.45) is 0 Å². The zero-order valence-corrected chi connectivity index (χ0v) is 20.5. The first kappa shape index (κ1) is 22.5. The fourth-order valence-corrected chi connectivity index (χ4v) is 5.65. The lowest BCUT2D eigenvalue weighted by Crippen LogP contribution is -2.32. The highest BCUT2D eigenvalue weighted by Crippen LogP contribution is 2.42. The minimum atomic E-state index is 0.278. The molecule has 3 nitrogen and oxygen atoms in total. The van der Waals surface area contributed by atoms with Crippen LogP contribution < -0.4 is 10.1 Å². The van der Waals surface area contributed by atoms with E-state index in [1.807, 2.05) is 0 Å². The third-order valence-corrected chi connectivity index (χ3v) is 7.79. The highest BCUT2D eigenvalue weighted by atomic mass is 32.2. The predicted molar refractivity (Wildman–Crippen MR) is 139 cm³/mol. The summed E-state index contributed by atoms with van der Waals surface area (Å²) in [5.41, 5.74) is 5.33. The average molecular weight is 459 g/mol. The summed E-state index contributed by atoms with van der Waals surface area (Å²) in [5.74, 6) is 2.19. The van der Waals surface area contributed by atoms with Crippen LogP contribution in [0.1, 0.15) is 60.4 Å². The number of fused-ring (bicyclic) bond motifs is 1. The largest absolute Gasteiger partial charge is 0.457 e. The van der Waals surface area contributed by atoms with Gasteiger partial charge < -0.3 is 10.1 Å². The lowest BCUT2D eigenvalue weighted by Gasteiger charge is -2.33. The van der Waals surface area contributed by atoms with Gasteiger partial charge in [0.25, 0.3) is 0 Å². The molecule has 2 unspecified atom stereocenters. The molecular formula is C29H34N2OS. The van der Waals surface area contributed by atoms with Gasteiger partial charge in [-0.25, -0.2) is 0 Å². The molecule has 2 aliphatic rings. The number of nitrogens with zero attached hydrogens (tertiary/aromatic N) is 1. The number of ether oxygens (including phenoxy) is 1. The van der Waals surface area contributed by atoms with Gasteiger partial charge in [0, 0.05) is 35.5 Å². The van der Waals surface area contributed by atoms with Crippen LogP contribution in [0.2, 0.25) is 0 Å². The molecule has 0 spiro atoms. The van der Waals surface area contributed by atoms with Crippen molar-refractivity contribution in [3.63, 3.8) is 0 Å². The first-order valence-corrected chi connectivity index (χ1v) is 13.4. The van der Waals surface area contributed by atoms with Gasteiger partial charge >= 0.3 is 0 Å². The van der Waals surface area contributed by atoms with Gasteiger partial charge in [-0.05, 0) is 86.1 Å². The van der Waals surface area contributed by atoms with E-state index in [1.165, 1.54) is 59.5 Å². The van der Waals surface area contributed by atoms with Crippen molar-refractivity contribution < 1.29 is 4.74 Å². The lowest BCUT2D eigenvalue weighted by molar-refractivity contribution is 0.220. The standard InChI is InChI=1S/C29H34N2OS/c1-21-26-10-7-11-28(29(26)27(19-30-21)23-12-14-25(33-2)15-13-23)32-24-9-6-8-22(18-24)20-31-16-4-3-5-17-31/h6-15,18,21,27,30H,3-5,16-17,19-20H2,1-2H3. The van der Waals surface area contributed by atoms with E-state index < -0.39 is 0 Å². The maximum Gasteiger partial charge on any atom is 0.131 e. The van der Waals surface area contributed by atoms with Crippen LogP contribution in [0.15, 0.2) is 71.6 Å². The summed E-state index contributed by atoms with van der Waals surface area (Å²) in [5, 5.41) is 3.69. The van der Waals surface area contributed by atoms with Crippen LogP contribution in [-0.2, 0) is 6.54 Å². The van der Waals surface area contributed by atoms with Gasteiger partial charge in [0.1, 0.15) is 11.5 Å². The number of likely N-dealkylation sites (tertiary alicyclic amines) is 1. The fraction of sp³-hybridized carbons (Fsp3) is 0.379. The first-order valence-electron chi connectivity index (χ1n) is 12.2. The second-order valence-electron chi connectivity index (χ2n) is 9.30. The average Bonchev–Trinajstić information content (AvgIpc) is 2.86. The molecule has 2 atom stereocenters. The molecule has 3 aromatic carbocycles.